The predicted octanol–water partition coefficient (Wildman–Crippen LogP) is 7.99. The first-order valence-electron chi connectivity index (χ1n) is 16.1. The van der Waals surface area contributed by atoms with Gasteiger partial charge in [0.1, 0.15) is 6.10 Å². The Morgan fingerprint density at radius 3 is 2.36 bits per heavy atom. The summed E-state index contributed by atoms with van der Waals surface area (Å²) in [6.07, 6.45) is 12.3. The average Bonchev–Trinajstić information content (AvgIpc) is 3.41. The van der Waals surface area contributed by atoms with E-state index >= 15 is 0 Å². The van der Waals surface area contributed by atoms with Crippen LogP contribution in [0.4, 0.5) is 5.13 Å². The lowest BCUT2D eigenvalue weighted by molar-refractivity contribution is -0.210. The largest absolute Gasteiger partial charge is 0.462 e. The van der Waals surface area contributed by atoms with Gasteiger partial charge in [-0.1, -0.05) is 54.0 Å². The smallest absolute Gasteiger partial charge is 0.302 e. The SMILES string of the molecule is CC(=O)OC1CCC2(C)C(CCC3(C)C2C(=O)C=C2C4CC(C)(C(=O)Nc5nccs5)CCC4(C)CCC23C)C1(C)C. The molecule has 230 valence electrons. The van der Waals surface area contributed by atoms with Crippen molar-refractivity contribution in [3.8, 4) is 0 Å². The van der Waals surface area contributed by atoms with Crippen molar-refractivity contribution in [2.45, 2.75) is 119 Å². The number of ketones is 1. The van der Waals surface area contributed by atoms with E-state index < -0.39 is 5.41 Å². The highest BCUT2D eigenvalue weighted by molar-refractivity contribution is 7.13. The van der Waals surface area contributed by atoms with Crippen molar-refractivity contribution in [2.24, 2.45) is 50.2 Å². The second-order valence-corrected chi connectivity index (χ2v) is 17.4. The molecule has 1 aromatic heterocycles. The van der Waals surface area contributed by atoms with Gasteiger partial charge in [0.2, 0.25) is 5.91 Å². The molecule has 4 fully saturated rings. The number of hydrogen-bond donors (Lipinski definition) is 1. The highest BCUT2D eigenvalue weighted by Crippen LogP contribution is 2.75. The van der Waals surface area contributed by atoms with Gasteiger partial charge in [0.15, 0.2) is 10.9 Å². The summed E-state index contributed by atoms with van der Waals surface area (Å²) >= 11 is 1.45. The first-order chi connectivity index (χ1) is 19.5. The number of nitrogens with zero attached hydrogens (tertiary/aromatic N) is 1. The second-order valence-electron chi connectivity index (χ2n) is 16.5. The number of fused-ring (bicyclic) bond motifs is 7. The first-order valence-corrected chi connectivity index (χ1v) is 17.0. The van der Waals surface area contributed by atoms with Crippen molar-refractivity contribution in [1.82, 2.24) is 4.98 Å². The van der Waals surface area contributed by atoms with Gasteiger partial charge in [0.25, 0.3) is 0 Å². The minimum absolute atomic E-state index is 0.0532. The highest BCUT2D eigenvalue weighted by Gasteiger charge is 2.70. The molecule has 7 heteroatoms. The van der Waals surface area contributed by atoms with Crippen molar-refractivity contribution < 1.29 is 19.1 Å². The van der Waals surface area contributed by atoms with Crippen LogP contribution in [0.1, 0.15) is 113 Å². The van der Waals surface area contributed by atoms with Gasteiger partial charge in [0, 0.05) is 35.2 Å². The number of aromatic nitrogens is 1. The Kier molecular flexibility index (Phi) is 6.78. The average molecular weight is 595 g/mol. The van der Waals surface area contributed by atoms with Crippen molar-refractivity contribution in [3.05, 3.63) is 23.2 Å². The van der Waals surface area contributed by atoms with Crippen LogP contribution in [-0.2, 0) is 19.1 Å². The molecule has 42 heavy (non-hydrogen) atoms. The van der Waals surface area contributed by atoms with Crippen LogP contribution in [0.15, 0.2) is 23.2 Å². The molecule has 1 aromatic rings. The standard InChI is InChI=1S/C35H50N2O4S/c1-21(38)41-26-10-11-33(6)25(30(26,2)3)9-12-35(8)27(33)24(39)19-22-23-20-32(5,28(40)37-29-36-17-18-42-29)14-13-31(23,4)15-16-34(22,35)7/h17-19,23,25-27H,9-16,20H2,1-8H3,(H,36,37,40). The molecule has 0 aromatic carbocycles. The Morgan fingerprint density at radius 1 is 0.976 bits per heavy atom. The number of ether oxygens (including phenoxy) is 1. The number of carbonyl (C=O) groups is 3. The molecule has 0 saturated heterocycles. The van der Waals surface area contributed by atoms with Crippen LogP contribution in [0.3, 0.4) is 0 Å². The van der Waals surface area contributed by atoms with Crippen LogP contribution < -0.4 is 5.32 Å². The lowest BCUT2D eigenvalue weighted by Crippen LogP contribution is -2.66. The van der Waals surface area contributed by atoms with Gasteiger partial charge in [-0.2, -0.15) is 0 Å². The third-order valence-corrected chi connectivity index (χ3v) is 14.7. The third kappa shape index (κ3) is 4.07. The minimum Gasteiger partial charge on any atom is -0.462 e. The fourth-order valence-corrected chi connectivity index (χ4v) is 11.8. The van der Waals surface area contributed by atoms with Gasteiger partial charge in [0.05, 0.1) is 0 Å². The van der Waals surface area contributed by atoms with Crippen LogP contribution in [0.2, 0.25) is 0 Å². The Balaban J connectivity index is 1.36. The number of nitrogens with one attached hydrogen (secondary N) is 1. The van der Waals surface area contributed by atoms with Crippen molar-refractivity contribution in [1.29, 1.82) is 0 Å². The van der Waals surface area contributed by atoms with E-state index in [9.17, 15) is 14.4 Å². The van der Waals surface area contributed by atoms with Crippen LogP contribution in [-0.4, -0.2) is 28.7 Å². The number of thiazole rings is 1. The maximum atomic E-state index is 14.6. The summed E-state index contributed by atoms with van der Waals surface area (Å²) in [5, 5.41) is 5.63. The molecule has 9 atom stereocenters. The molecule has 0 bridgehead atoms. The molecule has 0 aliphatic heterocycles. The van der Waals surface area contributed by atoms with E-state index in [1.807, 2.05) is 5.38 Å². The number of rotatable bonds is 3. The van der Waals surface area contributed by atoms with E-state index in [1.54, 1.807) is 6.20 Å². The molecular formula is C35H50N2O4S. The molecule has 1 N–H and O–H groups in total. The van der Waals surface area contributed by atoms with Gasteiger partial charge in [-0.25, -0.2) is 4.98 Å². The van der Waals surface area contributed by atoms with E-state index in [1.165, 1.54) is 23.8 Å². The number of allylic oxidation sites excluding steroid dienone is 2. The Hall–Kier alpha value is -2.02. The zero-order valence-corrected chi connectivity index (χ0v) is 27.7. The highest BCUT2D eigenvalue weighted by atomic mass is 32.1. The quantitative estimate of drug-likeness (QED) is 0.359. The van der Waals surface area contributed by atoms with Gasteiger partial charge in [-0.15, -0.1) is 11.3 Å². The topological polar surface area (TPSA) is 85.4 Å². The fourth-order valence-electron chi connectivity index (χ4n) is 11.3. The summed E-state index contributed by atoms with van der Waals surface area (Å²) in [6.45, 7) is 17.8. The molecule has 6 nitrogen and oxygen atoms in total. The van der Waals surface area contributed by atoms with E-state index in [2.05, 4.69) is 64.8 Å². The normalized spacial score (nSPS) is 45.8. The summed E-state index contributed by atoms with van der Waals surface area (Å²) in [7, 11) is 0. The van der Waals surface area contributed by atoms with Gasteiger partial charge < -0.3 is 10.1 Å². The molecule has 6 rings (SSSR count). The Bertz CT molecular complexity index is 1340. The monoisotopic (exact) mass is 594 g/mol. The number of carbonyl (C=O) groups excluding carboxylic acids is 3. The van der Waals surface area contributed by atoms with Gasteiger partial charge >= 0.3 is 5.97 Å². The molecule has 0 spiro atoms. The first kappa shape index (κ1) is 30.0. The number of esters is 1. The number of hydrogen-bond acceptors (Lipinski definition) is 6. The van der Waals surface area contributed by atoms with Crippen LogP contribution in [0.25, 0.3) is 0 Å². The molecule has 0 radical (unpaired) electrons. The zero-order chi connectivity index (χ0) is 30.5. The molecular weight excluding hydrogens is 544 g/mol. The molecule has 1 amide bonds. The van der Waals surface area contributed by atoms with Crippen molar-refractivity contribution >= 4 is 34.1 Å². The number of anilines is 1. The lowest BCUT2D eigenvalue weighted by atomic mass is 9.33. The molecule has 5 aliphatic carbocycles. The fraction of sp³-hybridized carbons (Fsp3) is 0.771. The van der Waals surface area contributed by atoms with E-state index in [0.29, 0.717) is 16.8 Å². The zero-order valence-electron chi connectivity index (χ0n) is 26.9. The number of amides is 1. The summed E-state index contributed by atoms with van der Waals surface area (Å²) in [5.41, 5.74) is 0.339. The third-order valence-electron chi connectivity index (χ3n) is 14.0. The predicted molar refractivity (Wildman–Crippen MR) is 166 cm³/mol. The summed E-state index contributed by atoms with van der Waals surface area (Å²) in [4.78, 5) is 44.5. The minimum atomic E-state index is -0.501. The molecule has 4 saturated carbocycles. The van der Waals surface area contributed by atoms with Crippen molar-refractivity contribution in [3.63, 3.8) is 0 Å². The Labute approximate surface area is 255 Å². The summed E-state index contributed by atoms with van der Waals surface area (Å²) < 4.78 is 5.86. The van der Waals surface area contributed by atoms with Crippen molar-refractivity contribution in [2.75, 3.05) is 5.32 Å². The van der Waals surface area contributed by atoms with Crippen LogP contribution in [0.5, 0.6) is 0 Å². The Morgan fingerprint density at radius 2 is 1.69 bits per heavy atom. The molecule has 9 unspecified atom stereocenters. The lowest BCUT2D eigenvalue weighted by Gasteiger charge is -2.70. The van der Waals surface area contributed by atoms with E-state index in [4.69, 9.17) is 4.74 Å². The summed E-state index contributed by atoms with van der Waals surface area (Å²) in [5.74, 6) is 0.602. The van der Waals surface area contributed by atoms with Crippen LogP contribution in [0, 0.1) is 50.2 Å². The molecule has 1 heterocycles. The van der Waals surface area contributed by atoms with Gasteiger partial charge in [-0.05, 0) is 97.4 Å². The summed E-state index contributed by atoms with van der Waals surface area (Å²) in [6, 6.07) is 0. The van der Waals surface area contributed by atoms with E-state index in [0.717, 1.165) is 57.8 Å². The van der Waals surface area contributed by atoms with Crippen LogP contribution >= 0.6 is 11.3 Å². The van der Waals surface area contributed by atoms with Gasteiger partial charge in [-0.3, -0.25) is 14.4 Å². The maximum Gasteiger partial charge on any atom is 0.302 e. The molecule has 5 aliphatic rings. The maximum absolute atomic E-state index is 14.6. The van der Waals surface area contributed by atoms with E-state index in [-0.39, 0.29) is 56.9 Å². The second kappa shape index (κ2) is 9.49.